The maximum atomic E-state index is 13.6. The molecule has 13 nitrogen and oxygen atoms in total. The van der Waals surface area contributed by atoms with Crippen LogP contribution in [0.5, 0.6) is 11.5 Å². The Bertz CT molecular complexity index is 1460. The molecule has 3 aromatic rings. The van der Waals surface area contributed by atoms with Crippen LogP contribution in [0.2, 0.25) is 5.02 Å². The van der Waals surface area contributed by atoms with Crippen molar-refractivity contribution in [2.45, 2.75) is 50.4 Å². The molecule has 1 aliphatic heterocycles. The summed E-state index contributed by atoms with van der Waals surface area (Å²) in [4.78, 5) is 12.5. The van der Waals surface area contributed by atoms with Gasteiger partial charge in [-0.15, -0.1) is 10.2 Å². The van der Waals surface area contributed by atoms with Crippen LogP contribution in [-0.4, -0.2) is 82.6 Å². The molecule has 3 atom stereocenters. The lowest BCUT2D eigenvalue weighted by atomic mass is 10.2. The maximum Gasteiger partial charge on any atom is 0.422 e. The van der Waals surface area contributed by atoms with Crippen LogP contribution in [0.3, 0.4) is 0 Å². The third-order valence-electron chi connectivity index (χ3n) is 5.77. The Labute approximate surface area is 238 Å². The molecule has 0 saturated heterocycles. The number of methoxy groups -OCH3 is 1. The molecule has 41 heavy (non-hydrogen) atoms. The zero-order valence-electron chi connectivity index (χ0n) is 22.3. The summed E-state index contributed by atoms with van der Waals surface area (Å²) in [6.07, 6.45) is -2.16. The van der Waals surface area contributed by atoms with Crippen LogP contribution in [0.15, 0.2) is 24.7 Å². The van der Waals surface area contributed by atoms with Crippen molar-refractivity contribution in [3.63, 3.8) is 0 Å². The first kappa shape index (κ1) is 30.7. The Morgan fingerprint density at radius 1 is 1.20 bits per heavy atom. The molecule has 0 unspecified atom stereocenters. The molecule has 0 aromatic carbocycles. The van der Waals surface area contributed by atoms with Gasteiger partial charge in [0.15, 0.2) is 35.4 Å². The first-order chi connectivity index (χ1) is 19.3. The summed E-state index contributed by atoms with van der Waals surface area (Å²) in [5.74, 6) is -0.381. The van der Waals surface area contributed by atoms with E-state index in [2.05, 4.69) is 29.9 Å². The van der Waals surface area contributed by atoms with Gasteiger partial charge in [-0.05, 0) is 20.8 Å². The molecule has 224 valence electrons. The van der Waals surface area contributed by atoms with Gasteiger partial charge in [0, 0.05) is 31.8 Å². The van der Waals surface area contributed by atoms with E-state index >= 15 is 0 Å². The van der Waals surface area contributed by atoms with E-state index in [4.69, 9.17) is 30.5 Å². The minimum Gasteiger partial charge on any atom is -0.485 e. The largest absolute Gasteiger partial charge is 0.485 e. The van der Waals surface area contributed by atoms with Crippen LogP contribution in [0.4, 0.5) is 19.1 Å². The molecule has 3 aromatic heterocycles. The van der Waals surface area contributed by atoms with Crippen LogP contribution in [0, 0.1) is 0 Å². The molecule has 0 aliphatic carbocycles. The first-order valence-corrected chi connectivity index (χ1v) is 14.1. The molecule has 4 rings (SSSR count). The average Bonchev–Trinajstić information content (AvgIpc) is 3.23. The Hall–Kier alpha value is -3.28. The molecule has 0 amide bonds. The van der Waals surface area contributed by atoms with Gasteiger partial charge in [-0.3, -0.25) is 9.29 Å². The van der Waals surface area contributed by atoms with E-state index in [1.54, 1.807) is 13.8 Å². The maximum absolute atomic E-state index is 13.6. The van der Waals surface area contributed by atoms with Crippen molar-refractivity contribution in [3.8, 4) is 23.0 Å². The quantitative estimate of drug-likeness (QED) is 0.334. The van der Waals surface area contributed by atoms with Gasteiger partial charge in [0.1, 0.15) is 18.0 Å². The normalized spacial score (nSPS) is 16.8. The lowest BCUT2D eigenvalue weighted by molar-refractivity contribution is -0.153. The minimum absolute atomic E-state index is 0.00450. The van der Waals surface area contributed by atoms with E-state index in [0.29, 0.717) is 0 Å². The number of rotatable bonds is 11. The first-order valence-electron chi connectivity index (χ1n) is 12.2. The van der Waals surface area contributed by atoms with E-state index in [9.17, 15) is 21.6 Å². The SMILES string of the molecule is COC[C@@H]1COc2c(OCC(F)(F)F)ccnc2-c2nnc(NS(=O)(=O)[C@@H](C)[C@@H](OC(C)C)c3ncc(Cl)cn3)n21. The second kappa shape index (κ2) is 12.3. The Morgan fingerprint density at radius 3 is 2.54 bits per heavy atom. The van der Waals surface area contributed by atoms with Crippen molar-refractivity contribution >= 4 is 27.6 Å². The Kier molecular flexibility index (Phi) is 9.20. The molecule has 1 N–H and O–H groups in total. The number of fused-ring (bicyclic) bond motifs is 3. The van der Waals surface area contributed by atoms with Crippen molar-refractivity contribution in [2.24, 2.45) is 0 Å². The molecule has 18 heteroatoms. The third-order valence-corrected chi connectivity index (χ3v) is 7.66. The molecule has 0 spiro atoms. The van der Waals surface area contributed by atoms with E-state index in [0.717, 1.165) is 0 Å². The second-order valence-corrected chi connectivity index (χ2v) is 11.7. The second-order valence-electron chi connectivity index (χ2n) is 9.25. The molecule has 0 fully saturated rings. The Balaban J connectivity index is 1.71. The van der Waals surface area contributed by atoms with Gasteiger partial charge in [-0.25, -0.2) is 23.4 Å². The number of alkyl halides is 3. The van der Waals surface area contributed by atoms with Gasteiger partial charge < -0.3 is 18.9 Å². The van der Waals surface area contributed by atoms with Gasteiger partial charge in [-0.1, -0.05) is 11.6 Å². The number of pyridine rings is 1. The molecular weight excluding hydrogens is 595 g/mol. The number of ether oxygens (including phenoxy) is 4. The Morgan fingerprint density at radius 2 is 1.90 bits per heavy atom. The zero-order chi connectivity index (χ0) is 29.9. The predicted octanol–water partition coefficient (Wildman–Crippen LogP) is 3.60. The summed E-state index contributed by atoms with van der Waals surface area (Å²) in [5.41, 5.74) is 0.00450. The number of hydrogen-bond acceptors (Lipinski definition) is 11. The summed E-state index contributed by atoms with van der Waals surface area (Å²) in [5, 5.41) is 7.14. The van der Waals surface area contributed by atoms with Crippen molar-refractivity contribution < 1.29 is 40.5 Å². The minimum atomic E-state index is -4.59. The monoisotopic (exact) mass is 621 g/mol. The summed E-state index contributed by atoms with van der Waals surface area (Å²) in [6, 6.07) is 0.519. The summed E-state index contributed by atoms with van der Waals surface area (Å²) < 4.78 is 91.4. The lowest BCUT2D eigenvalue weighted by Crippen LogP contribution is -2.35. The zero-order valence-corrected chi connectivity index (χ0v) is 23.9. The fraction of sp³-hybridized carbons (Fsp3) is 0.522. The smallest absolute Gasteiger partial charge is 0.422 e. The topological polar surface area (TPSA) is 152 Å². The molecule has 1 aliphatic rings. The fourth-order valence-electron chi connectivity index (χ4n) is 3.97. The lowest BCUT2D eigenvalue weighted by Gasteiger charge is -2.26. The average molecular weight is 622 g/mol. The van der Waals surface area contributed by atoms with Crippen LogP contribution >= 0.6 is 11.6 Å². The van der Waals surface area contributed by atoms with Crippen molar-refractivity contribution in [1.29, 1.82) is 0 Å². The number of anilines is 1. The summed E-state index contributed by atoms with van der Waals surface area (Å²) in [7, 11) is -2.82. The number of hydrogen-bond donors (Lipinski definition) is 1. The summed E-state index contributed by atoms with van der Waals surface area (Å²) >= 11 is 5.89. The number of nitrogens with zero attached hydrogens (tertiary/aromatic N) is 6. The number of halogens is 4. The molecular formula is C23H27ClF3N7O6S. The molecule has 0 radical (unpaired) electrons. The predicted molar refractivity (Wildman–Crippen MR) is 139 cm³/mol. The van der Waals surface area contributed by atoms with Crippen molar-refractivity contribution in [1.82, 2.24) is 29.7 Å². The van der Waals surface area contributed by atoms with Crippen LogP contribution in [0.25, 0.3) is 11.5 Å². The molecule has 4 heterocycles. The molecule has 0 saturated carbocycles. The van der Waals surface area contributed by atoms with Crippen LogP contribution < -0.4 is 14.2 Å². The standard InChI is InChI=1S/C23H27ClF3N7O6S/c1-12(2)40-18(20-29-7-14(24)8-30-20)13(3)41(35,36)33-22-32-31-21-17-19(38-10-15(9-37-4)34(21)22)16(5-6-28-17)39-11-23(25,26)27/h5-8,12-13,15,18H,9-11H2,1-4H3,(H,32,33)/t13-,15+,18+/m0/s1. The summed E-state index contributed by atoms with van der Waals surface area (Å²) in [6.45, 7) is 3.20. The van der Waals surface area contributed by atoms with Crippen LogP contribution in [0.1, 0.15) is 38.7 Å². The van der Waals surface area contributed by atoms with E-state index in [1.807, 2.05) is 0 Å². The van der Waals surface area contributed by atoms with E-state index in [-0.39, 0.29) is 59.1 Å². The van der Waals surface area contributed by atoms with Gasteiger partial charge in [0.25, 0.3) is 0 Å². The highest BCUT2D eigenvalue weighted by atomic mass is 35.5. The van der Waals surface area contributed by atoms with E-state index in [1.165, 1.54) is 43.3 Å². The highest BCUT2D eigenvalue weighted by Gasteiger charge is 2.38. The van der Waals surface area contributed by atoms with Gasteiger partial charge in [-0.2, -0.15) is 13.2 Å². The third kappa shape index (κ3) is 7.14. The number of sulfonamides is 1. The fourth-order valence-corrected chi connectivity index (χ4v) is 5.16. The number of nitrogens with one attached hydrogen (secondary N) is 1. The van der Waals surface area contributed by atoms with Crippen molar-refractivity contribution in [3.05, 3.63) is 35.5 Å². The van der Waals surface area contributed by atoms with E-state index < -0.39 is 40.2 Å². The highest BCUT2D eigenvalue weighted by molar-refractivity contribution is 7.93. The number of aromatic nitrogens is 6. The van der Waals surface area contributed by atoms with Crippen molar-refractivity contribution in [2.75, 3.05) is 31.7 Å². The van der Waals surface area contributed by atoms with Gasteiger partial charge >= 0.3 is 6.18 Å². The molecule has 0 bridgehead atoms. The highest BCUT2D eigenvalue weighted by Crippen LogP contribution is 2.41. The van der Waals surface area contributed by atoms with Crippen LogP contribution in [-0.2, 0) is 19.5 Å². The van der Waals surface area contributed by atoms with Gasteiger partial charge in [0.05, 0.1) is 23.8 Å². The van der Waals surface area contributed by atoms with Gasteiger partial charge in [0.2, 0.25) is 16.0 Å².